The molecular formula is C14H19N5O2S. The van der Waals surface area contributed by atoms with Crippen molar-refractivity contribution in [1.82, 2.24) is 19.9 Å². The zero-order valence-electron chi connectivity index (χ0n) is 12.7. The molecule has 3 rings (SSSR count). The lowest BCUT2D eigenvalue weighted by Gasteiger charge is -2.32. The maximum absolute atomic E-state index is 12.1. The number of fused-ring (bicyclic) bond motifs is 1. The van der Waals surface area contributed by atoms with Crippen molar-refractivity contribution < 1.29 is 9.53 Å². The lowest BCUT2D eigenvalue weighted by molar-refractivity contribution is 0.0529. The largest absolute Gasteiger partial charge is 0.462 e. The van der Waals surface area contributed by atoms with Gasteiger partial charge in [0.1, 0.15) is 11.2 Å². The zero-order valence-corrected chi connectivity index (χ0v) is 13.5. The van der Waals surface area contributed by atoms with Crippen molar-refractivity contribution in [2.24, 2.45) is 0 Å². The Bertz CT molecular complexity index is 666. The molecule has 1 aliphatic heterocycles. The predicted molar refractivity (Wildman–Crippen MR) is 86.1 cm³/mol. The van der Waals surface area contributed by atoms with Crippen LogP contribution in [0.25, 0.3) is 10.2 Å². The summed E-state index contributed by atoms with van der Waals surface area (Å²) in [6.45, 7) is 5.95. The van der Waals surface area contributed by atoms with E-state index in [2.05, 4.69) is 32.4 Å². The number of nitrogens with zero attached hydrogens (tertiary/aromatic N) is 4. The van der Waals surface area contributed by atoms with Gasteiger partial charge in [-0.2, -0.15) is 0 Å². The smallest absolute Gasteiger partial charge is 0.339 e. The summed E-state index contributed by atoms with van der Waals surface area (Å²) in [5.41, 5.74) is 3.85. The third-order valence-corrected chi connectivity index (χ3v) is 4.52. The first-order valence-electron chi connectivity index (χ1n) is 7.28. The van der Waals surface area contributed by atoms with Gasteiger partial charge in [0, 0.05) is 31.6 Å². The van der Waals surface area contributed by atoms with Crippen molar-refractivity contribution in [2.45, 2.75) is 6.92 Å². The molecule has 0 unspecified atom stereocenters. The Morgan fingerprint density at radius 2 is 2.14 bits per heavy atom. The fourth-order valence-electron chi connectivity index (χ4n) is 2.39. The van der Waals surface area contributed by atoms with Gasteiger partial charge < -0.3 is 15.1 Å². The number of rotatable bonds is 4. The molecule has 2 aromatic rings. The van der Waals surface area contributed by atoms with Crippen LogP contribution in [0.15, 0.2) is 11.7 Å². The molecule has 118 valence electrons. The molecule has 0 aliphatic carbocycles. The quantitative estimate of drug-likeness (QED) is 0.854. The Balaban J connectivity index is 1.88. The minimum Gasteiger partial charge on any atom is -0.462 e. The monoisotopic (exact) mass is 321 g/mol. The molecule has 0 saturated carbocycles. The summed E-state index contributed by atoms with van der Waals surface area (Å²) in [6, 6.07) is 0. The SMILES string of the molecule is CCOC(=O)c1csc2ncnc(NN3CCN(C)CC3)c12. The highest BCUT2D eigenvalue weighted by Gasteiger charge is 2.20. The number of carbonyl (C=O) groups excluding carboxylic acids is 1. The Morgan fingerprint density at radius 1 is 1.36 bits per heavy atom. The molecule has 1 fully saturated rings. The van der Waals surface area contributed by atoms with E-state index in [1.165, 1.54) is 17.7 Å². The lowest BCUT2D eigenvalue weighted by atomic mass is 10.2. The minimum absolute atomic E-state index is 0.329. The summed E-state index contributed by atoms with van der Waals surface area (Å²) >= 11 is 1.43. The Hall–Kier alpha value is -1.77. The van der Waals surface area contributed by atoms with E-state index in [4.69, 9.17) is 4.74 Å². The van der Waals surface area contributed by atoms with Crippen LogP contribution in [-0.4, -0.2) is 65.7 Å². The predicted octanol–water partition coefficient (Wildman–Crippen LogP) is 1.44. The fourth-order valence-corrected chi connectivity index (χ4v) is 3.26. The van der Waals surface area contributed by atoms with Crippen LogP contribution in [0.2, 0.25) is 0 Å². The number of ether oxygens (including phenoxy) is 1. The number of hydrazine groups is 1. The number of hydrogen-bond donors (Lipinski definition) is 1. The van der Waals surface area contributed by atoms with Gasteiger partial charge in [-0.3, -0.25) is 0 Å². The highest BCUT2D eigenvalue weighted by Crippen LogP contribution is 2.30. The molecule has 1 N–H and O–H groups in total. The molecule has 0 amide bonds. The molecule has 0 radical (unpaired) electrons. The van der Waals surface area contributed by atoms with Gasteiger partial charge in [-0.1, -0.05) is 0 Å². The summed E-state index contributed by atoms with van der Waals surface area (Å²) in [7, 11) is 2.11. The highest BCUT2D eigenvalue weighted by atomic mass is 32.1. The van der Waals surface area contributed by atoms with Gasteiger partial charge in [0.15, 0.2) is 5.82 Å². The summed E-state index contributed by atoms with van der Waals surface area (Å²) < 4.78 is 5.12. The summed E-state index contributed by atoms with van der Waals surface area (Å²) in [5.74, 6) is 0.337. The van der Waals surface area contributed by atoms with E-state index in [1.54, 1.807) is 12.3 Å². The Morgan fingerprint density at radius 3 is 2.86 bits per heavy atom. The lowest BCUT2D eigenvalue weighted by Crippen LogP contribution is -2.47. The van der Waals surface area contributed by atoms with E-state index >= 15 is 0 Å². The van der Waals surface area contributed by atoms with Gasteiger partial charge in [0.05, 0.1) is 17.6 Å². The molecule has 0 aromatic carbocycles. The number of thiophene rings is 1. The fraction of sp³-hybridized carbons (Fsp3) is 0.500. The van der Waals surface area contributed by atoms with Gasteiger partial charge in [-0.15, -0.1) is 11.3 Å². The van der Waals surface area contributed by atoms with Crippen LogP contribution in [0.3, 0.4) is 0 Å². The third kappa shape index (κ3) is 3.03. The number of anilines is 1. The molecule has 3 heterocycles. The van der Waals surface area contributed by atoms with E-state index in [1.807, 2.05) is 0 Å². The van der Waals surface area contributed by atoms with Gasteiger partial charge >= 0.3 is 5.97 Å². The van der Waals surface area contributed by atoms with E-state index in [0.717, 1.165) is 36.4 Å². The number of carbonyl (C=O) groups is 1. The molecule has 1 saturated heterocycles. The first kappa shape index (κ1) is 15.1. The summed E-state index contributed by atoms with van der Waals surface area (Å²) in [5, 5.41) is 4.64. The zero-order chi connectivity index (χ0) is 15.5. The van der Waals surface area contributed by atoms with Crippen LogP contribution in [-0.2, 0) is 4.74 Å². The van der Waals surface area contributed by atoms with Crippen LogP contribution in [0.4, 0.5) is 5.82 Å². The van der Waals surface area contributed by atoms with Crippen molar-refractivity contribution in [3.8, 4) is 0 Å². The standard InChI is InChI=1S/C14H19N5O2S/c1-3-21-14(20)10-8-22-13-11(10)12(15-9-16-13)17-19-6-4-18(2)5-7-19/h8-9H,3-7H2,1-2H3,(H,15,16,17). The second kappa shape index (κ2) is 6.55. The van der Waals surface area contributed by atoms with E-state index in [-0.39, 0.29) is 5.97 Å². The maximum atomic E-state index is 12.1. The number of nitrogens with one attached hydrogen (secondary N) is 1. The topological polar surface area (TPSA) is 70.6 Å². The molecular weight excluding hydrogens is 302 g/mol. The second-order valence-electron chi connectivity index (χ2n) is 5.17. The first-order chi connectivity index (χ1) is 10.7. The summed E-state index contributed by atoms with van der Waals surface area (Å²) in [4.78, 5) is 23.7. The number of piperazine rings is 1. The van der Waals surface area contributed by atoms with Gasteiger partial charge in [0.2, 0.25) is 0 Å². The second-order valence-corrected chi connectivity index (χ2v) is 6.03. The Kier molecular flexibility index (Phi) is 4.51. The average molecular weight is 321 g/mol. The highest BCUT2D eigenvalue weighted by molar-refractivity contribution is 7.17. The molecule has 2 aromatic heterocycles. The molecule has 0 spiro atoms. The van der Waals surface area contributed by atoms with E-state index < -0.39 is 0 Å². The van der Waals surface area contributed by atoms with Crippen molar-refractivity contribution in [2.75, 3.05) is 45.3 Å². The molecule has 22 heavy (non-hydrogen) atoms. The van der Waals surface area contributed by atoms with Gasteiger partial charge in [-0.25, -0.2) is 19.8 Å². The van der Waals surface area contributed by atoms with Crippen molar-refractivity contribution in [3.63, 3.8) is 0 Å². The molecule has 1 aliphatic rings. The third-order valence-electron chi connectivity index (χ3n) is 3.63. The van der Waals surface area contributed by atoms with Crippen LogP contribution < -0.4 is 5.43 Å². The molecule has 7 nitrogen and oxygen atoms in total. The van der Waals surface area contributed by atoms with Crippen LogP contribution in [0.1, 0.15) is 17.3 Å². The normalized spacial score (nSPS) is 16.8. The number of hydrogen-bond acceptors (Lipinski definition) is 8. The average Bonchev–Trinajstić information content (AvgIpc) is 2.95. The number of likely N-dealkylation sites (N-methyl/N-ethyl adjacent to an activating group) is 1. The Labute approximate surface area is 132 Å². The van der Waals surface area contributed by atoms with E-state index in [0.29, 0.717) is 18.0 Å². The van der Waals surface area contributed by atoms with Crippen LogP contribution in [0, 0.1) is 0 Å². The molecule has 0 atom stereocenters. The van der Waals surface area contributed by atoms with Gasteiger partial charge in [0.25, 0.3) is 0 Å². The number of esters is 1. The molecule has 8 heteroatoms. The number of aromatic nitrogens is 2. The van der Waals surface area contributed by atoms with Crippen molar-refractivity contribution in [1.29, 1.82) is 0 Å². The van der Waals surface area contributed by atoms with E-state index in [9.17, 15) is 4.79 Å². The first-order valence-corrected chi connectivity index (χ1v) is 8.16. The van der Waals surface area contributed by atoms with Crippen LogP contribution >= 0.6 is 11.3 Å². The van der Waals surface area contributed by atoms with Gasteiger partial charge in [-0.05, 0) is 14.0 Å². The van der Waals surface area contributed by atoms with Crippen molar-refractivity contribution >= 4 is 33.3 Å². The summed E-state index contributed by atoms with van der Waals surface area (Å²) in [6.07, 6.45) is 1.52. The maximum Gasteiger partial charge on any atom is 0.339 e. The van der Waals surface area contributed by atoms with Crippen LogP contribution in [0.5, 0.6) is 0 Å². The minimum atomic E-state index is -0.329. The van der Waals surface area contributed by atoms with Crippen molar-refractivity contribution in [3.05, 3.63) is 17.3 Å². The molecule has 0 bridgehead atoms.